The van der Waals surface area contributed by atoms with Gasteiger partial charge in [0.15, 0.2) is 0 Å². The molecule has 1 aliphatic rings. The van der Waals surface area contributed by atoms with Crippen LogP contribution in [0.4, 0.5) is 0 Å². The number of aromatic nitrogens is 1. The van der Waals surface area contributed by atoms with Crippen LogP contribution in [0.25, 0.3) is 10.9 Å². The van der Waals surface area contributed by atoms with Crippen LogP contribution in [0.1, 0.15) is 12.0 Å². The van der Waals surface area contributed by atoms with Gasteiger partial charge in [-0.25, -0.2) is 0 Å². The van der Waals surface area contributed by atoms with E-state index in [2.05, 4.69) is 59.8 Å². The van der Waals surface area contributed by atoms with E-state index < -0.39 is 0 Å². The lowest BCUT2D eigenvalue weighted by Gasteiger charge is -2.35. The predicted octanol–water partition coefficient (Wildman–Crippen LogP) is 2.00. The molecule has 3 nitrogen and oxygen atoms in total. The molecule has 1 unspecified atom stereocenters. The first-order valence-electron chi connectivity index (χ1n) is 6.64. The third-order valence-electron chi connectivity index (χ3n) is 4.36. The van der Waals surface area contributed by atoms with Crippen molar-refractivity contribution in [3.05, 3.63) is 36.0 Å². The lowest BCUT2D eigenvalue weighted by atomic mass is 9.88. The molecule has 96 valence electrons. The van der Waals surface area contributed by atoms with Crippen molar-refractivity contribution in [2.75, 3.05) is 27.2 Å². The molecular formula is C15H21N3. The molecule has 1 aromatic carbocycles. The van der Waals surface area contributed by atoms with E-state index >= 15 is 0 Å². The molecule has 0 amide bonds. The average molecular weight is 243 g/mol. The molecule has 3 rings (SSSR count). The smallest absolute Gasteiger partial charge is 0.0456 e. The molecule has 2 heterocycles. The lowest BCUT2D eigenvalue weighted by molar-refractivity contribution is 0.173. The number of hydrogen-bond acceptors (Lipinski definition) is 2. The summed E-state index contributed by atoms with van der Waals surface area (Å²) in [6.07, 6.45) is 4.50. The molecular weight excluding hydrogens is 222 g/mol. The Kier molecular flexibility index (Phi) is 2.88. The number of hydrogen-bond donors (Lipinski definition) is 2. The summed E-state index contributed by atoms with van der Waals surface area (Å²) in [4.78, 5) is 5.76. The van der Waals surface area contributed by atoms with E-state index in [0.29, 0.717) is 0 Å². The van der Waals surface area contributed by atoms with Gasteiger partial charge in [-0.2, -0.15) is 0 Å². The van der Waals surface area contributed by atoms with Crippen molar-refractivity contribution >= 4 is 10.9 Å². The van der Waals surface area contributed by atoms with Crippen LogP contribution in [0.2, 0.25) is 0 Å². The van der Waals surface area contributed by atoms with Crippen LogP contribution in [-0.4, -0.2) is 42.6 Å². The fourth-order valence-electron chi connectivity index (χ4n) is 3.05. The molecule has 0 spiro atoms. The third-order valence-corrected chi connectivity index (χ3v) is 4.36. The lowest BCUT2D eigenvalue weighted by Crippen LogP contribution is -2.47. The number of benzene rings is 1. The van der Waals surface area contributed by atoms with Crippen LogP contribution >= 0.6 is 0 Å². The van der Waals surface area contributed by atoms with Crippen molar-refractivity contribution in [3.63, 3.8) is 0 Å². The zero-order valence-electron chi connectivity index (χ0n) is 11.2. The molecule has 18 heavy (non-hydrogen) atoms. The van der Waals surface area contributed by atoms with Crippen LogP contribution in [0.15, 0.2) is 30.5 Å². The minimum absolute atomic E-state index is 0.269. The summed E-state index contributed by atoms with van der Waals surface area (Å²) >= 11 is 0. The minimum atomic E-state index is 0.269. The molecule has 0 saturated carbocycles. The largest absolute Gasteiger partial charge is 0.361 e. The monoisotopic (exact) mass is 243 g/mol. The topological polar surface area (TPSA) is 31.1 Å². The third kappa shape index (κ3) is 1.84. The van der Waals surface area contributed by atoms with Gasteiger partial charge in [-0.05, 0) is 45.1 Å². The molecule has 1 saturated heterocycles. The van der Waals surface area contributed by atoms with Crippen LogP contribution in [-0.2, 0) is 6.42 Å². The molecule has 1 fully saturated rings. The highest BCUT2D eigenvalue weighted by molar-refractivity contribution is 5.83. The summed E-state index contributed by atoms with van der Waals surface area (Å²) in [6, 6.07) is 8.57. The number of nitrogens with zero attached hydrogens (tertiary/aromatic N) is 1. The van der Waals surface area contributed by atoms with E-state index in [-0.39, 0.29) is 5.54 Å². The van der Waals surface area contributed by atoms with Crippen LogP contribution in [0, 0.1) is 0 Å². The van der Waals surface area contributed by atoms with Gasteiger partial charge in [-0.15, -0.1) is 0 Å². The van der Waals surface area contributed by atoms with Crippen LogP contribution in [0.5, 0.6) is 0 Å². The number of rotatable bonds is 3. The Morgan fingerprint density at radius 3 is 2.83 bits per heavy atom. The zero-order chi connectivity index (χ0) is 12.6. The number of H-pyrrole nitrogens is 1. The zero-order valence-corrected chi connectivity index (χ0v) is 11.2. The molecule has 2 aromatic rings. The number of fused-ring (bicyclic) bond motifs is 1. The van der Waals surface area contributed by atoms with Crippen LogP contribution in [0.3, 0.4) is 0 Å². The van der Waals surface area contributed by atoms with Crippen LogP contribution < -0.4 is 5.32 Å². The van der Waals surface area contributed by atoms with Gasteiger partial charge in [-0.3, -0.25) is 0 Å². The highest BCUT2D eigenvalue weighted by Gasteiger charge is 2.36. The Labute approximate surface area is 108 Å². The predicted molar refractivity (Wildman–Crippen MR) is 75.9 cm³/mol. The summed E-state index contributed by atoms with van der Waals surface area (Å²) in [5.74, 6) is 0. The number of nitrogens with one attached hydrogen (secondary N) is 2. The van der Waals surface area contributed by atoms with E-state index in [1.807, 2.05) is 0 Å². The van der Waals surface area contributed by atoms with Crippen molar-refractivity contribution in [3.8, 4) is 0 Å². The minimum Gasteiger partial charge on any atom is -0.361 e. The van der Waals surface area contributed by atoms with Gasteiger partial charge in [-0.1, -0.05) is 18.2 Å². The van der Waals surface area contributed by atoms with Crippen molar-refractivity contribution in [2.45, 2.75) is 18.4 Å². The normalized spacial score (nSPS) is 24.2. The second-order valence-corrected chi connectivity index (χ2v) is 5.58. The Morgan fingerprint density at radius 1 is 1.28 bits per heavy atom. The maximum absolute atomic E-state index is 3.50. The van der Waals surface area contributed by atoms with Crippen molar-refractivity contribution in [1.29, 1.82) is 0 Å². The van der Waals surface area contributed by atoms with Gasteiger partial charge in [0.05, 0.1) is 0 Å². The first-order valence-corrected chi connectivity index (χ1v) is 6.64. The fourth-order valence-corrected chi connectivity index (χ4v) is 3.05. The molecule has 0 bridgehead atoms. The Morgan fingerprint density at radius 2 is 2.11 bits per heavy atom. The molecule has 1 aliphatic heterocycles. The Balaban J connectivity index is 1.96. The molecule has 2 N–H and O–H groups in total. The van der Waals surface area contributed by atoms with Gasteiger partial charge in [0, 0.05) is 29.2 Å². The molecule has 1 aromatic heterocycles. The maximum atomic E-state index is 3.50. The van der Waals surface area contributed by atoms with E-state index in [4.69, 9.17) is 0 Å². The Bertz CT molecular complexity index is 535. The second kappa shape index (κ2) is 4.41. The highest BCUT2D eigenvalue weighted by Crippen LogP contribution is 2.29. The highest BCUT2D eigenvalue weighted by atomic mass is 15.2. The summed E-state index contributed by atoms with van der Waals surface area (Å²) in [7, 11) is 4.39. The van der Waals surface area contributed by atoms with Crippen molar-refractivity contribution in [1.82, 2.24) is 15.2 Å². The Hall–Kier alpha value is -1.32. The summed E-state index contributed by atoms with van der Waals surface area (Å²) < 4.78 is 0. The molecule has 3 heteroatoms. The summed E-state index contributed by atoms with van der Waals surface area (Å²) in [5, 5.41) is 4.87. The first kappa shape index (κ1) is 11.8. The van der Waals surface area contributed by atoms with Gasteiger partial charge in [0.2, 0.25) is 0 Å². The second-order valence-electron chi connectivity index (χ2n) is 5.58. The fraction of sp³-hybridized carbons (Fsp3) is 0.467. The van der Waals surface area contributed by atoms with E-state index in [1.165, 1.54) is 22.9 Å². The number of aromatic amines is 1. The van der Waals surface area contributed by atoms with E-state index in [9.17, 15) is 0 Å². The number of para-hydroxylation sites is 1. The van der Waals surface area contributed by atoms with Crippen molar-refractivity contribution in [2.24, 2.45) is 0 Å². The summed E-state index contributed by atoms with van der Waals surface area (Å²) in [6.45, 7) is 2.21. The SMILES string of the molecule is CN(C)C1(Cc2c[nH]c3ccccc23)CCNC1. The summed E-state index contributed by atoms with van der Waals surface area (Å²) in [5.41, 5.74) is 2.95. The van der Waals surface area contributed by atoms with Gasteiger partial charge in [0.1, 0.15) is 0 Å². The van der Waals surface area contributed by atoms with E-state index in [1.54, 1.807) is 0 Å². The van der Waals surface area contributed by atoms with Gasteiger partial charge in [0.25, 0.3) is 0 Å². The molecule has 0 radical (unpaired) electrons. The van der Waals surface area contributed by atoms with Crippen molar-refractivity contribution < 1.29 is 0 Å². The standard InChI is InChI=1S/C15H21N3/c1-18(2)15(7-8-16-11-15)9-12-10-17-14-6-4-3-5-13(12)14/h3-6,10,16-17H,7-9,11H2,1-2H3. The van der Waals surface area contributed by atoms with Gasteiger partial charge < -0.3 is 15.2 Å². The first-order chi connectivity index (χ1) is 8.71. The molecule has 1 atom stereocenters. The average Bonchev–Trinajstić information content (AvgIpc) is 2.99. The van der Waals surface area contributed by atoms with Gasteiger partial charge >= 0.3 is 0 Å². The van der Waals surface area contributed by atoms with E-state index in [0.717, 1.165) is 19.5 Å². The molecule has 0 aliphatic carbocycles. The quantitative estimate of drug-likeness (QED) is 0.864. The number of likely N-dealkylation sites (N-methyl/N-ethyl adjacent to an activating group) is 1. The maximum Gasteiger partial charge on any atom is 0.0456 e.